The number of sulfonamides is 1. The summed E-state index contributed by atoms with van der Waals surface area (Å²) in [6, 6.07) is 15.6. The number of hydrogen-bond acceptors (Lipinski definition) is 3. The van der Waals surface area contributed by atoms with Crippen LogP contribution in [0.3, 0.4) is 0 Å². The van der Waals surface area contributed by atoms with Gasteiger partial charge in [-0.2, -0.15) is 0 Å². The third kappa shape index (κ3) is 5.82. The zero-order valence-electron chi connectivity index (χ0n) is 17.0. The van der Waals surface area contributed by atoms with Crippen LogP contribution in [-0.2, 0) is 14.8 Å². The molecule has 0 heterocycles. The van der Waals surface area contributed by atoms with E-state index in [9.17, 15) is 13.2 Å². The van der Waals surface area contributed by atoms with Crippen LogP contribution in [0.1, 0.15) is 50.5 Å². The fourth-order valence-electron chi connectivity index (χ4n) is 3.75. The SMILES string of the molecule is Cc1ccc(N(CC(=O)NC2CCCCCCC2)S(=O)(=O)c2ccccc2)cc1. The van der Waals surface area contributed by atoms with Crippen molar-refractivity contribution in [1.29, 1.82) is 0 Å². The van der Waals surface area contributed by atoms with Crippen molar-refractivity contribution in [1.82, 2.24) is 5.32 Å². The average molecular weight is 415 g/mol. The molecule has 1 amide bonds. The van der Waals surface area contributed by atoms with E-state index in [1.54, 1.807) is 42.5 Å². The number of rotatable bonds is 6. The summed E-state index contributed by atoms with van der Waals surface area (Å²) in [5.41, 5.74) is 1.53. The maximum atomic E-state index is 13.3. The second-order valence-corrected chi connectivity index (χ2v) is 9.63. The van der Waals surface area contributed by atoms with Crippen molar-refractivity contribution in [3.63, 3.8) is 0 Å². The molecule has 156 valence electrons. The summed E-state index contributed by atoms with van der Waals surface area (Å²) in [7, 11) is -3.84. The molecule has 0 radical (unpaired) electrons. The lowest BCUT2D eigenvalue weighted by Crippen LogP contribution is -2.44. The van der Waals surface area contributed by atoms with Gasteiger partial charge in [-0.3, -0.25) is 9.10 Å². The van der Waals surface area contributed by atoms with E-state index in [-0.39, 0.29) is 23.4 Å². The molecule has 1 aliphatic rings. The van der Waals surface area contributed by atoms with E-state index in [0.29, 0.717) is 5.69 Å². The Morgan fingerprint density at radius 1 is 0.931 bits per heavy atom. The van der Waals surface area contributed by atoms with Crippen molar-refractivity contribution in [3.05, 3.63) is 60.2 Å². The van der Waals surface area contributed by atoms with Crippen LogP contribution in [0.25, 0.3) is 0 Å². The van der Waals surface area contributed by atoms with Gasteiger partial charge < -0.3 is 5.32 Å². The Kier molecular flexibility index (Phi) is 7.31. The first-order chi connectivity index (χ1) is 14.0. The summed E-state index contributed by atoms with van der Waals surface area (Å²) in [5, 5.41) is 3.08. The van der Waals surface area contributed by atoms with Crippen LogP contribution in [0.4, 0.5) is 5.69 Å². The van der Waals surface area contributed by atoms with Gasteiger partial charge in [-0.05, 0) is 44.0 Å². The Labute approximate surface area is 174 Å². The standard InChI is InChI=1S/C23H30N2O3S/c1-19-14-16-21(17-15-19)25(29(27,28)22-12-8-5-9-13-22)18-23(26)24-20-10-6-3-2-4-7-11-20/h5,8-9,12-17,20H,2-4,6-7,10-11,18H2,1H3,(H,24,26). The summed E-state index contributed by atoms with van der Waals surface area (Å²) in [4.78, 5) is 13.0. The fraction of sp³-hybridized carbons (Fsp3) is 0.435. The number of aryl methyl sites for hydroxylation is 1. The predicted octanol–water partition coefficient (Wildman–Crippen LogP) is 4.42. The minimum Gasteiger partial charge on any atom is -0.352 e. The Morgan fingerprint density at radius 3 is 2.14 bits per heavy atom. The second-order valence-electron chi connectivity index (χ2n) is 7.77. The Hall–Kier alpha value is -2.34. The number of carbonyl (C=O) groups is 1. The molecule has 1 N–H and O–H groups in total. The lowest BCUT2D eigenvalue weighted by molar-refractivity contribution is -0.120. The number of amides is 1. The largest absolute Gasteiger partial charge is 0.352 e. The Bertz CT molecular complexity index is 887. The molecule has 29 heavy (non-hydrogen) atoms. The molecule has 1 saturated carbocycles. The highest BCUT2D eigenvalue weighted by Crippen LogP contribution is 2.24. The van der Waals surface area contributed by atoms with Gasteiger partial charge in [0.25, 0.3) is 10.0 Å². The van der Waals surface area contributed by atoms with Crippen LogP contribution in [-0.4, -0.2) is 26.9 Å². The van der Waals surface area contributed by atoms with Gasteiger partial charge in [-0.25, -0.2) is 8.42 Å². The molecule has 0 spiro atoms. The number of anilines is 1. The number of benzene rings is 2. The smallest absolute Gasteiger partial charge is 0.264 e. The van der Waals surface area contributed by atoms with Gasteiger partial charge in [0.15, 0.2) is 0 Å². The van der Waals surface area contributed by atoms with Gasteiger partial charge in [0.1, 0.15) is 6.54 Å². The van der Waals surface area contributed by atoms with Crippen LogP contribution in [0.2, 0.25) is 0 Å². The summed E-state index contributed by atoms with van der Waals surface area (Å²) in [5.74, 6) is -0.254. The Morgan fingerprint density at radius 2 is 1.52 bits per heavy atom. The van der Waals surface area contributed by atoms with Crippen molar-refractivity contribution in [3.8, 4) is 0 Å². The lowest BCUT2D eigenvalue weighted by Gasteiger charge is -2.26. The quantitative estimate of drug-likeness (QED) is 0.761. The van der Waals surface area contributed by atoms with Crippen molar-refractivity contribution >= 4 is 21.6 Å². The van der Waals surface area contributed by atoms with E-state index in [1.807, 2.05) is 19.1 Å². The van der Waals surface area contributed by atoms with Gasteiger partial charge >= 0.3 is 0 Å². The summed E-state index contributed by atoms with van der Waals surface area (Å²) < 4.78 is 27.8. The first-order valence-corrected chi connectivity index (χ1v) is 11.8. The van der Waals surface area contributed by atoms with Crippen LogP contribution >= 0.6 is 0 Å². The van der Waals surface area contributed by atoms with E-state index in [4.69, 9.17) is 0 Å². The first-order valence-electron chi connectivity index (χ1n) is 10.4. The van der Waals surface area contributed by atoms with Crippen molar-refractivity contribution < 1.29 is 13.2 Å². The molecule has 3 rings (SSSR count). The topological polar surface area (TPSA) is 66.5 Å². The molecule has 1 aliphatic carbocycles. The van der Waals surface area contributed by atoms with E-state index in [0.717, 1.165) is 31.2 Å². The van der Waals surface area contributed by atoms with E-state index in [1.165, 1.54) is 23.6 Å². The summed E-state index contributed by atoms with van der Waals surface area (Å²) >= 11 is 0. The molecular weight excluding hydrogens is 384 g/mol. The van der Waals surface area contributed by atoms with Gasteiger partial charge in [0, 0.05) is 6.04 Å². The van der Waals surface area contributed by atoms with Crippen molar-refractivity contribution in [2.45, 2.75) is 62.8 Å². The minimum atomic E-state index is -3.84. The number of hydrogen-bond donors (Lipinski definition) is 1. The molecule has 0 aliphatic heterocycles. The van der Waals surface area contributed by atoms with Gasteiger partial charge in [0.2, 0.25) is 5.91 Å². The zero-order valence-corrected chi connectivity index (χ0v) is 17.8. The molecular formula is C23H30N2O3S. The maximum absolute atomic E-state index is 13.3. The molecule has 0 atom stereocenters. The average Bonchev–Trinajstić information content (AvgIpc) is 2.69. The molecule has 0 unspecified atom stereocenters. The highest BCUT2D eigenvalue weighted by Gasteiger charge is 2.27. The van der Waals surface area contributed by atoms with Crippen LogP contribution in [0.15, 0.2) is 59.5 Å². The summed E-state index contributed by atoms with van der Waals surface area (Å²) in [6.07, 6.45) is 7.79. The fourth-order valence-corrected chi connectivity index (χ4v) is 5.19. The maximum Gasteiger partial charge on any atom is 0.264 e. The van der Waals surface area contributed by atoms with Crippen molar-refractivity contribution in [2.24, 2.45) is 0 Å². The number of nitrogens with one attached hydrogen (secondary N) is 1. The third-order valence-electron chi connectivity index (χ3n) is 5.41. The monoisotopic (exact) mass is 414 g/mol. The molecule has 5 nitrogen and oxygen atoms in total. The Balaban J connectivity index is 1.81. The van der Waals surface area contributed by atoms with E-state index in [2.05, 4.69) is 5.32 Å². The van der Waals surface area contributed by atoms with Crippen molar-refractivity contribution in [2.75, 3.05) is 10.8 Å². The highest BCUT2D eigenvalue weighted by atomic mass is 32.2. The molecule has 0 bridgehead atoms. The molecule has 2 aromatic carbocycles. The van der Waals surface area contributed by atoms with Crippen LogP contribution < -0.4 is 9.62 Å². The number of carbonyl (C=O) groups excluding carboxylic acids is 1. The molecule has 2 aromatic rings. The highest BCUT2D eigenvalue weighted by molar-refractivity contribution is 7.92. The molecule has 6 heteroatoms. The van der Waals surface area contributed by atoms with Crippen LogP contribution in [0, 0.1) is 6.92 Å². The predicted molar refractivity (Wildman–Crippen MR) is 116 cm³/mol. The van der Waals surface area contributed by atoms with E-state index >= 15 is 0 Å². The third-order valence-corrected chi connectivity index (χ3v) is 7.20. The van der Waals surface area contributed by atoms with Gasteiger partial charge in [-0.1, -0.05) is 68.0 Å². The van der Waals surface area contributed by atoms with E-state index < -0.39 is 10.0 Å². The van der Waals surface area contributed by atoms with Gasteiger partial charge in [0.05, 0.1) is 10.6 Å². The molecule has 0 saturated heterocycles. The normalized spacial score (nSPS) is 15.9. The minimum absolute atomic E-state index is 0.127. The summed E-state index contributed by atoms with van der Waals surface area (Å²) in [6.45, 7) is 1.72. The number of nitrogens with zero attached hydrogens (tertiary/aromatic N) is 1. The van der Waals surface area contributed by atoms with Crippen LogP contribution in [0.5, 0.6) is 0 Å². The second kappa shape index (κ2) is 9.92. The van der Waals surface area contributed by atoms with Gasteiger partial charge in [-0.15, -0.1) is 0 Å². The first kappa shape index (κ1) is 21.4. The lowest BCUT2D eigenvalue weighted by atomic mass is 9.97. The zero-order chi connectivity index (χ0) is 20.7. The molecule has 0 aromatic heterocycles. The molecule has 1 fully saturated rings.